The molecule has 6 heteroatoms. The molecular formula is C15H22N4O2. The lowest BCUT2D eigenvalue weighted by molar-refractivity contribution is 0.0999. The van der Waals surface area contributed by atoms with E-state index in [0.29, 0.717) is 29.9 Å². The van der Waals surface area contributed by atoms with Crippen LogP contribution in [0.25, 0.3) is 0 Å². The highest BCUT2D eigenvalue weighted by atomic mass is 16.2. The van der Waals surface area contributed by atoms with Gasteiger partial charge in [-0.1, -0.05) is 6.07 Å². The van der Waals surface area contributed by atoms with E-state index in [-0.39, 0.29) is 12.1 Å². The average molecular weight is 290 g/mol. The fraction of sp³-hybridized carbons (Fsp3) is 0.467. The van der Waals surface area contributed by atoms with Crippen LogP contribution in [0.5, 0.6) is 0 Å². The Labute approximate surface area is 124 Å². The number of benzene rings is 1. The highest BCUT2D eigenvalue weighted by molar-refractivity contribution is 5.98. The van der Waals surface area contributed by atoms with E-state index in [0.717, 1.165) is 19.3 Å². The molecule has 0 unspecified atom stereocenters. The number of carbonyl (C=O) groups excluding carboxylic acids is 2. The molecule has 0 bridgehead atoms. The number of urea groups is 1. The van der Waals surface area contributed by atoms with Crippen molar-refractivity contribution in [1.29, 1.82) is 0 Å². The maximum absolute atomic E-state index is 12.4. The summed E-state index contributed by atoms with van der Waals surface area (Å²) in [6.07, 6.45) is 3.02. The zero-order valence-corrected chi connectivity index (χ0v) is 12.3. The lowest BCUT2D eigenvalue weighted by Gasteiger charge is -2.35. The van der Waals surface area contributed by atoms with Crippen molar-refractivity contribution in [1.82, 2.24) is 4.90 Å². The van der Waals surface area contributed by atoms with Crippen molar-refractivity contribution in [3.8, 4) is 0 Å². The number of nitrogens with zero attached hydrogens (tertiary/aromatic N) is 1. The molecule has 0 radical (unpaired) electrons. The number of piperidine rings is 1. The van der Waals surface area contributed by atoms with Gasteiger partial charge in [0.25, 0.3) is 0 Å². The summed E-state index contributed by atoms with van der Waals surface area (Å²) >= 11 is 0. The van der Waals surface area contributed by atoms with E-state index in [1.807, 2.05) is 0 Å². The smallest absolute Gasteiger partial charge is 0.322 e. The lowest BCUT2D eigenvalue weighted by atomic mass is 10.0. The van der Waals surface area contributed by atoms with Crippen molar-refractivity contribution in [2.24, 2.45) is 11.5 Å². The molecule has 0 aliphatic carbocycles. The first-order valence-electron chi connectivity index (χ1n) is 7.21. The summed E-state index contributed by atoms with van der Waals surface area (Å²) in [4.78, 5) is 25.5. The van der Waals surface area contributed by atoms with Crippen LogP contribution in [0.1, 0.15) is 35.2 Å². The van der Waals surface area contributed by atoms with Crippen LogP contribution in [0.2, 0.25) is 0 Å². The molecule has 0 aromatic heterocycles. The fourth-order valence-corrected chi connectivity index (χ4v) is 2.74. The summed E-state index contributed by atoms with van der Waals surface area (Å²) in [6.45, 7) is 2.95. The highest BCUT2D eigenvalue weighted by Gasteiger charge is 2.26. The Morgan fingerprint density at radius 2 is 2.14 bits per heavy atom. The van der Waals surface area contributed by atoms with Crippen LogP contribution in [0.4, 0.5) is 10.5 Å². The number of rotatable bonds is 3. The molecule has 1 aliphatic heterocycles. The topological polar surface area (TPSA) is 101 Å². The molecular weight excluding hydrogens is 268 g/mol. The zero-order chi connectivity index (χ0) is 15.4. The predicted molar refractivity (Wildman–Crippen MR) is 82.1 cm³/mol. The fourth-order valence-electron chi connectivity index (χ4n) is 2.74. The first-order valence-corrected chi connectivity index (χ1v) is 7.21. The Bertz CT molecular complexity index is 544. The Hall–Kier alpha value is -2.08. The molecule has 114 valence electrons. The third kappa shape index (κ3) is 3.33. The summed E-state index contributed by atoms with van der Waals surface area (Å²) in [6, 6.07) is 5.03. The molecule has 0 saturated carbocycles. The molecule has 2 rings (SSSR count). The van der Waals surface area contributed by atoms with Crippen LogP contribution in [0.3, 0.4) is 0 Å². The van der Waals surface area contributed by atoms with Crippen LogP contribution < -0.4 is 16.8 Å². The van der Waals surface area contributed by atoms with Crippen molar-refractivity contribution < 1.29 is 9.59 Å². The van der Waals surface area contributed by atoms with E-state index < -0.39 is 5.91 Å². The molecule has 1 heterocycles. The van der Waals surface area contributed by atoms with Gasteiger partial charge < -0.3 is 21.7 Å². The molecule has 1 saturated heterocycles. The summed E-state index contributed by atoms with van der Waals surface area (Å²) < 4.78 is 0. The number of hydrogen-bond donors (Lipinski definition) is 3. The molecule has 6 nitrogen and oxygen atoms in total. The molecule has 1 aliphatic rings. The summed E-state index contributed by atoms with van der Waals surface area (Å²) in [5.41, 5.74) is 12.8. The Morgan fingerprint density at radius 3 is 2.81 bits per heavy atom. The van der Waals surface area contributed by atoms with Gasteiger partial charge in [0.15, 0.2) is 0 Å². The van der Waals surface area contributed by atoms with Crippen LogP contribution in [0.15, 0.2) is 18.2 Å². The average Bonchev–Trinajstić information content (AvgIpc) is 2.48. The van der Waals surface area contributed by atoms with E-state index >= 15 is 0 Å². The molecule has 1 aromatic rings. The van der Waals surface area contributed by atoms with Gasteiger partial charge >= 0.3 is 6.03 Å². The Balaban J connectivity index is 2.16. The standard InChI is InChI=1S/C15H22N4O2/c1-10-12(14(17)20)6-4-7-13(10)18-15(21)19-8-3-2-5-11(19)9-16/h4,6-7,11H,2-3,5,8-9,16H2,1H3,(H2,17,20)(H,18,21)/t11-/m1/s1. The monoisotopic (exact) mass is 290 g/mol. The van der Waals surface area contributed by atoms with Crippen molar-refractivity contribution >= 4 is 17.6 Å². The summed E-state index contributed by atoms with van der Waals surface area (Å²) in [5, 5.41) is 2.86. The van der Waals surface area contributed by atoms with Crippen LogP contribution in [-0.2, 0) is 0 Å². The Kier molecular flexibility index (Phi) is 4.80. The maximum Gasteiger partial charge on any atom is 0.322 e. The molecule has 1 fully saturated rings. The molecule has 3 amide bonds. The third-order valence-corrected chi connectivity index (χ3v) is 4.00. The van der Waals surface area contributed by atoms with Gasteiger partial charge in [-0.05, 0) is 43.9 Å². The number of likely N-dealkylation sites (tertiary alicyclic amines) is 1. The van der Waals surface area contributed by atoms with Crippen LogP contribution >= 0.6 is 0 Å². The van der Waals surface area contributed by atoms with Crippen LogP contribution in [-0.4, -0.2) is 36.0 Å². The Morgan fingerprint density at radius 1 is 1.38 bits per heavy atom. The van der Waals surface area contributed by atoms with E-state index in [1.165, 1.54) is 0 Å². The number of primary amides is 1. The second-order valence-electron chi connectivity index (χ2n) is 5.35. The van der Waals surface area contributed by atoms with Crippen molar-refractivity contribution in [2.45, 2.75) is 32.2 Å². The first-order chi connectivity index (χ1) is 10.0. The number of anilines is 1. The molecule has 5 N–H and O–H groups in total. The van der Waals surface area contributed by atoms with Gasteiger partial charge in [0.05, 0.1) is 0 Å². The van der Waals surface area contributed by atoms with E-state index in [4.69, 9.17) is 11.5 Å². The van der Waals surface area contributed by atoms with Crippen molar-refractivity contribution in [3.63, 3.8) is 0 Å². The minimum atomic E-state index is -0.499. The largest absolute Gasteiger partial charge is 0.366 e. The third-order valence-electron chi connectivity index (χ3n) is 4.00. The number of hydrogen-bond acceptors (Lipinski definition) is 3. The minimum absolute atomic E-state index is 0.0818. The number of carbonyl (C=O) groups is 2. The number of amides is 3. The predicted octanol–water partition coefficient (Wildman–Crippen LogP) is 1.44. The normalized spacial score (nSPS) is 18.4. The second kappa shape index (κ2) is 6.58. The number of nitrogens with one attached hydrogen (secondary N) is 1. The quantitative estimate of drug-likeness (QED) is 0.785. The van der Waals surface area contributed by atoms with E-state index in [1.54, 1.807) is 30.0 Å². The van der Waals surface area contributed by atoms with E-state index in [2.05, 4.69) is 5.32 Å². The van der Waals surface area contributed by atoms with Gasteiger partial charge in [-0.3, -0.25) is 4.79 Å². The first kappa shape index (κ1) is 15.3. The van der Waals surface area contributed by atoms with Crippen molar-refractivity contribution in [2.75, 3.05) is 18.4 Å². The molecule has 0 spiro atoms. The van der Waals surface area contributed by atoms with Gasteiger partial charge in [0.2, 0.25) is 5.91 Å². The highest BCUT2D eigenvalue weighted by Crippen LogP contribution is 2.21. The van der Waals surface area contributed by atoms with Gasteiger partial charge in [-0.2, -0.15) is 0 Å². The zero-order valence-electron chi connectivity index (χ0n) is 12.3. The molecule has 1 aromatic carbocycles. The molecule has 21 heavy (non-hydrogen) atoms. The maximum atomic E-state index is 12.4. The van der Waals surface area contributed by atoms with E-state index in [9.17, 15) is 9.59 Å². The summed E-state index contributed by atoms with van der Waals surface area (Å²) in [5.74, 6) is -0.499. The minimum Gasteiger partial charge on any atom is -0.366 e. The molecule has 1 atom stereocenters. The number of nitrogens with two attached hydrogens (primary N) is 2. The second-order valence-corrected chi connectivity index (χ2v) is 5.35. The van der Waals surface area contributed by atoms with Gasteiger partial charge in [-0.25, -0.2) is 4.79 Å². The SMILES string of the molecule is Cc1c(NC(=O)N2CCCC[C@@H]2CN)cccc1C(N)=O. The van der Waals surface area contributed by atoms with Gasteiger partial charge in [0.1, 0.15) is 0 Å². The van der Waals surface area contributed by atoms with Crippen LogP contribution in [0, 0.1) is 6.92 Å². The lowest BCUT2D eigenvalue weighted by Crippen LogP contribution is -2.49. The summed E-state index contributed by atoms with van der Waals surface area (Å²) in [7, 11) is 0. The van der Waals surface area contributed by atoms with Crippen molar-refractivity contribution in [3.05, 3.63) is 29.3 Å². The van der Waals surface area contributed by atoms with Gasteiger partial charge in [-0.15, -0.1) is 0 Å². The van der Waals surface area contributed by atoms with Gasteiger partial charge in [0, 0.05) is 30.4 Å².